The molecule has 3 rings (SSSR count). The minimum absolute atomic E-state index is 0.0945. The van der Waals surface area contributed by atoms with Crippen molar-refractivity contribution in [3.05, 3.63) is 52.8 Å². The van der Waals surface area contributed by atoms with Gasteiger partial charge >= 0.3 is 5.97 Å². The van der Waals surface area contributed by atoms with E-state index in [0.717, 1.165) is 10.0 Å². The summed E-state index contributed by atoms with van der Waals surface area (Å²) in [5, 5.41) is 3.81. The highest BCUT2D eigenvalue weighted by atomic mass is 79.9. The van der Waals surface area contributed by atoms with E-state index in [-0.39, 0.29) is 12.5 Å². The average Bonchev–Trinajstić information content (AvgIpc) is 3.15. The van der Waals surface area contributed by atoms with Gasteiger partial charge in [0.25, 0.3) is 5.89 Å². The van der Waals surface area contributed by atoms with E-state index in [1.165, 1.54) is 0 Å². The zero-order valence-corrected chi connectivity index (χ0v) is 12.2. The molecule has 1 N–H and O–H groups in total. The average molecular weight is 349 g/mol. The summed E-state index contributed by atoms with van der Waals surface area (Å²) in [6.45, 7) is -0.0945. The first-order valence-corrected chi connectivity index (χ1v) is 6.76. The number of hydrogen-bond acceptors (Lipinski definition) is 6. The third-order valence-corrected chi connectivity index (χ3v) is 3.04. The first kappa shape index (κ1) is 13.5. The Labute approximate surface area is 127 Å². The number of ether oxygens (including phenoxy) is 1. The monoisotopic (exact) mass is 348 g/mol. The van der Waals surface area contributed by atoms with Crippen LogP contribution in [0, 0.1) is 0 Å². The molecule has 0 saturated heterocycles. The van der Waals surface area contributed by atoms with Crippen molar-refractivity contribution in [2.45, 2.75) is 6.61 Å². The van der Waals surface area contributed by atoms with E-state index in [0.29, 0.717) is 11.5 Å². The molecule has 0 amide bonds. The number of halogens is 1. The van der Waals surface area contributed by atoms with Crippen LogP contribution in [0.1, 0.15) is 16.4 Å². The van der Waals surface area contributed by atoms with Gasteiger partial charge in [-0.25, -0.2) is 4.79 Å². The Morgan fingerprint density at radius 2 is 2.38 bits per heavy atom. The van der Waals surface area contributed by atoms with Crippen molar-refractivity contribution >= 4 is 21.9 Å². The molecule has 0 saturated carbocycles. The first-order chi connectivity index (χ1) is 10.2. The lowest BCUT2D eigenvalue weighted by Crippen LogP contribution is -2.05. The first-order valence-electron chi connectivity index (χ1n) is 5.96. The molecule has 7 nitrogen and oxygen atoms in total. The van der Waals surface area contributed by atoms with Gasteiger partial charge in [-0.2, -0.15) is 4.98 Å². The number of H-pyrrole nitrogens is 1. The van der Waals surface area contributed by atoms with E-state index < -0.39 is 5.97 Å². The summed E-state index contributed by atoms with van der Waals surface area (Å²) in [5.41, 5.74) is 1.07. The second kappa shape index (κ2) is 5.88. The molecule has 21 heavy (non-hydrogen) atoms. The lowest BCUT2D eigenvalue weighted by atomic mass is 10.3. The van der Waals surface area contributed by atoms with Crippen LogP contribution in [0.5, 0.6) is 0 Å². The van der Waals surface area contributed by atoms with E-state index in [4.69, 9.17) is 9.26 Å². The van der Waals surface area contributed by atoms with Crippen LogP contribution in [0.15, 0.2) is 45.8 Å². The maximum atomic E-state index is 11.7. The number of nitrogens with one attached hydrogen (secondary N) is 1. The quantitative estimate of drug-likeness (QED) is 0.728. The van der Waals surface area contributed by atoms with Gasteiger partial charge in [-0.15, -0.1) is 0 Å². The van der Waals surface area contributed by atoms with Crippen LogP contribution in [0.4, 0.5) is 0 Å². The van der Waals surface area contributed by atoms with Crippen LogP contribution >= 0.6 is 15.9 Å². The number of carbonyl (C=O) groups is 1. The Kier molecular flexibility index (Phi) is 3.78. The van der Waals surface area contributed by atoms with Crippen LogP contribution in [0.2, 0.25) is 0 Å². The summed E-state index contributed by atoms with van der Waals surface area (Å²) in [6.07, 6.45) is 4.92. The number of aromatic nitrogens is 4. The molecule has 0 fully saturated rings. The van der Waals surface area contributed by atoms with Gasteiger partial charge in [-0.05, 0) is 34.1 Å². The molecule has 0 aromatic carbocycles. The smallest absolute Gasteiger partial charge is 0.355 e. The largest absolute Gasteiger partial charge is 0.451 e. The van der Waals surface area contributed by atoms with Crippen LogP contribution in [-0.2, 0) is 11.3 Å². The second-order valence-corrected chi connectivity index (χ2v) is 4.98. The molecule has 3 aromatic rings. The Balaban J connectivity index is 1.64. The maximum Gasteiger partial charge on any atom is 0.355 e. The third kappa shape index (κ3) is 3.16. The van der Waals surface area contributed by atoms with Crippen molar-refractivity contribution < 1.29 is 14.1 Å². The highest BCUT2D eigenvalue weighted by Gasteiger charge is 2.13. The summed E-state index contributed by atoms with van der Waals surface area (Å²) >= 11 is 3.24. The fraction of sp³-hybridized carbons (Fsp3) is 0.0769. The van der Waals surface area contributed by atoms with Gasteiger partial charge in [0.05, 0.1) is 0 Å². The summed E-state index contributed by atoms with van der Waals surface area (Å²) in [6, 6.07) is 5.20. The summed E-state index contributed by atoms with van der Waals surface area (Å²) in [7, 11) is 0. The minimum atomic E-state index is -0.498. The van der Waals surface area contributed by atoms with E-state index in [1.807, 2.05) is 6.07 Å². The lowest BCUT2D eigenvalue weighted by Gasteiger charge is -1.98. The summed E-state index contributed by atoms with van der Waals surface area (Å²) < 4.78 is 10.9. The zero-order valence-electron chi connectivity index (χ0n) is 10.6. The number of nitrogens with zero attached hydrogens (tertiary/aromatic N) is 3. The molecular weight excluding hydrogens is 340 g/mol. The van der Waals surface area contributed by atoms with Gasteiger partial charge in [-0.3, -0.25) is 4.98 Å². The number of rotatable bonds is 4. The predicted molar refractivity (Wildman–Crippen MR) is 75.1 cm³/mol. The number of carbonyl (C=O) groups excluding carboxylic acids is 1. The van der Waals surface area contributed by atoms with Crippen molar-refractivity contribution in [3.8, 4) is 11.4 Å². The van der Waals surface area contributed by atoms with Crippen LogP contribution < -0.4 is 0 Å². The molecule has 0 bridgehead atoms. The molecule has 8 heteroatoms. The zero-order chi connectivity index (χ0) is 14.7. The molecule has 0 atom stereocenters. The van der Waals surface area contributed by atoms with Gasteiger partial charge in [0.1, 0.15) is 5.69 Å². The Hall–Kier alpha value is -2.48. The third-order valence-electron chi connectivity index (χ3n) is 2.58. The van der Waals surface area contributed by atoms with Gasteiger partial charge in [-0.1, -0.05) is 5.16 Å². The number of aromatic amines is 1. The summed E-state index contributed by atoms with van der Waals surface area (Å²) in [5.74, 6) is 0.117. The topological polar surface area (TPSA) is 93.9 Å². The van der Waals surface area contributed by atoms with Crippen molar-refractivity contribution in [2.75, 3.05) is 0 Å². The van der Waals surface area contributed by atoms with E-state index >= 15 is 0 Å². The molecule has 3 aromatic heterocycles. The molecule has 0 aliphatic carbocycles. The van der Waals surface area contributed by atoms with E-state index in [9.17, 15) is 4.79 Å². The van der Waals surface area contributed by atoms with Crippen molar-refractivity contribution in [3.63, 3.8) is 0 Å². The van der Waals surface area contributed by atoms with Crippen LogP contribution in [0.25, 0.3) is 11.4 Å². The van der Waals surface area contributed by atoms with Gasteiger partial charge in [0, 0.05) is 28.6 Å². The Morgan fingerprint density at radius 1 is 1.48 bits per heavy atom. The van der Waals surface area contributed by atoms with Gasteiger partial charge < -0.3 is 14.2 Å². The van der Waals surface area contributed by atoms with Crippen LogP contribution in [-0.4, -0.2) is 26.1 Å². The van der Waals surface area contributed by atoms with Gasteiger partial charge in [0.2, 0.25) is 5.82 Å². The predicted octanol–water partition coefficient (Wildman–Crippen LogP) is 2.58. The molecule has 0 radical (unpaired) electrons. The molecule has 0 aliphatic heterocycles. The number of pyridine rings is 1. The van der Waals surface area contributed by atoms with Crippen molar-refractivity contribution in [2.24, 2.45) is 0 Å². The van der Waals surface area contributed by atoms with Crippen molar-refractivity contribution in [1.29, 1.82) is 0 Å². The molecule has 0 spiro atoms. The molecule has 3 heterocycles. The number of esters is 1. The molecule has 0 unspecified atom stereocenters. The molecular formula is C13H9BrN4O3. The van der Waals surface area contributed by atoms with Crippen LogP contribution in [0.3, 0.4) is 0 Å². The SMILES string of the molecule is O=C(OCc1nc(-c2cccnc2)no1)c1cc(Br)c[nH]1. The molecule has 106 valence electrons. The second-order valence-electron chi connectivity index (χ2n) is 4.06. The Morgan fingerprint density at radius 3 is 3.10 bits per heavy atom. The van der Waals surface area contributed by atoms with Crippen molar-refractivity contribution in [1.82, 2.24) is 20.1 Å². The highest BCUT2D eigenvalue weighted by Crippen LogP contribution is 2.15. The normalized spacial score (nSPS) is 10.5. The van der Waals surface area contributed by atoms with Gasteiger partial charge in [0.15, 0.2) is 6.61 Å². The van der Waals surface area contributed by atoms with E-state index in [2.05, 4.69) is 36.0 Å². The highest BCUT2D eigenvalue weighted by molar-refractivity contribution is 9.10. The summed E-state index contributed by atoms with van der Waals surface area (Å²) in [4.78, 5) is 22.6. The maximum absolute atomic E-state index is 11.7. The Bertz CT molecular complexity index is 754. The fourth-order valence-corrected chi connectivity index (χ4v) is 1.96. The number of hydrogen-bond donors (Lipinski definition) is 1. The lowest BCUT2D eigenvalue weighted by molar-refractivity contribution is 0.0423. The minimum Gasteiger partial charge on any atom is -0.451 e. The van der Waals surface area contributed by atoms with E-state index in [1.54, 1.807) is 30.7 Å². The standard InChI is InChI=1S/C13H9BrN4O3/c14-9-4-10(16-6-9)13(19)20-7-11-17-12(18-21-11)8-2-1-3-15-5-8/h1-6,16H,7H2. The fourth-order valence-electron chi connectivity index (χ4n) is 1.62. The molecule has 0 aliphatic rings.